The Morgan fingerprint density at radius 3 is 1.82 bits per heavy atom. The van der Waals surface area contributed by atoms with Gasteiger partial charge in [-0.15, -0.1) is 0 Å². The third kappa shape index (κ3) is 7.49. The fraction of sp³-hybridized carbons (Fsp3) is 1.00. The molecular weight excluding hydrogens is 272 g/mol. The number of rotatable bonds is 8. The van der Waals surface area contributed by atoms with Gasteiger partial charge in [0, 0.05) is 4.83 Å². The lowest BCUT2D eigenvalue weighted by Crippen LogP contribution is -2.22. The van der Waals surface area contributed by atoms with Crippen molar-refractivity contribution in [2.45, 2.75) is 85.4 Å². The predicted molar refractivity (Wildman–Crippen MR) is 83.9 cm³/mol. The van der Waals surface area contributed by atoms with Gasteiger partial charge in [0.1, 0.15) is 0 Å². The quantitative estimate of drug-likeness (QED) is 0.453. The maximum Gasteiger partial charge on any atom is 0.0171 e. The van der Waals surface area contributed by atoms with E-state index in [9.17, 15) is 0 Å². The molecule has 0 N–H and O–H groups in total. The molecule has 0 aromatic rings. The van der Waals surface area contributed by atoms with Gasteiger partial charge in [-0.1, -0.05) is 77.2 Å². The van der Waals surface area contributed by atoms with Crippen molar-refractivity contribution in [1.29, 1.82) is 0 Å². The number of hydrogen-bond acceptors (Lipinski definition) is 0. The summed E-state index contributed by atoms with van der Waals surface area (Å²) >= 11 is 3.91. The van der Waals surface area contributed by atoms with Crippen LogP contribution < -0.4 is 0 Å². The highest BCUT2D eigenvalue weighted by Crippen LogP contribution is 2.36. The van der Waals surface area contributed by atoms with Crippen molar-refractivity contribution >= 4 is 15.9 Å². The summed E-state index contributed by atoms with van der Waals surface area (Å²) < 4.78 is 0. The van der Waals surface area contributed by atoms with Crippen LogP contribution in [-0.4, -0.2) is 4.83 Å². The van der Waals surface area contributed by atoms with Crippen LogP contribution in [0.3, 0.4) is 0 Å². The van der Waals surface area contributed by atoms with Crippen molar-refractivity contribution in [2.24, 2.45) is 16.7 Å². The Morgan fingerprint density at radius 2 is 1.41 bits per heavy atom. The number of hydrogen-bond donors (Lipinski definition) is 0. The highest BCUT2D eigenvalue weighted by Gasteiger charge is 2.25. The van der Waals surface area contributed by atoms with E-state index in [1.807, 2.05) is 0 Å². The predicted octanol–water partition coefficient (Wildman–Crippen LogP) is 6.43. The molecule has 0 heterocycles. The SMILES string of the molecule is CCC(C)(C)CCC(Br)C(C)CC(C)(C)CC. The van der Waals surface area contributed by atoms with E-state index >= 15 is 0 Å². The minimum atomic E-state index is 0.492. The molecule has 104 valence electrons. The van der Waals surface area contributed by atoms with Crippen LogP contribution in [0.5, 0.6) is 0 Å². The minimum Gasteiger partial charge on any atom is -0.0888 e. The third-order valence-corrected chi connectivity index (χ3v) is 5.86. The van der Waals surface area contributed by atoms with Gasteiger partial charge < -0.3 is 0 Å². The van der Waals surface area contributed by atoms with Gasteiger partial charge in [-0.25, -0.2) is 0 Å². The molecule has 0 aliphatic carbocycles. The first-order chi connectivity index (χ1) is 7.63. The summed E-state index contributed by atoms with van der Waals surface area (Å²) in [6, 6.07) is 0. The van der Waals surface area contributed by atoms with Gasteiger partial charge in [0.25, 0.3) is 0 Å². The smallest absolute Gasteiger partial charge is 0.0171 e. The van der Waals surface area contributed by atoms with Crippen molar-refractivity contribution in [3.05, 3.63) is 0 Å². The Hall–Kier alpha value is 0.480. The molecule has 0 aliphatic heterocycles. The van der Waals surface area contributed by atoms with Crippen molar-refractivity contribution in [1.82, 2.24) is 0 Å². The summed E-state index contributed by atoms with van der Waals surface area (Å²) in [6.45, 7) is 16.5. The zero-order valence-electron chi connectivity index (χ0n) is 13.1. The molecule has 1 heteroatoms. The van der Waals surface area contributed by atoms with Crippen LogP contribution in [0.1, 0.15) is 80.6 Å². The molecule has 0 nitrogen and oxygen atoms in total. The summed E-state index contributed by atoms with van der Waals surface area (Å²) in [5.74, 6) is 0.776. The molecule has 17 heavy (non-hydrogen) atoms. The van der Waals surface area contributed by atoms with Gasteiger partial charge in [0.15, 0.2) is 0 Å². The van der Waals surface area contributed by atoms with Gasteiger partial charge in [-0.3, -0.25) is 0 Å². The summed E-state index contributed by atoms with van der Waals surface area (Å²) in [6.07, 6.45) is 6.52. The summed E-state index contributed by atoms with van der Waals surface area (Å²) in [7, 11) is 0. The molecule has 0 bridgehead atoms. The lowest BCUT2D eigenvalue weighted by Gasteiger charge is -2.31. The van der Waals surface area contributed by atoms with Crippen LogP contribution in [0.4, 0.5) is 0 Å². The molecular formula is C16H33Br. The van der Waals surface area contributed by atoms with Crippen LogP contribution in [-0.2, 0) is 0 Å². The summed E-state index contributed by atoms with van der Waals surface area (Å²) in [4.78, 5) is 0.680. The van der Waals surface area contributed by atoms with Crippen LogP contribution in [0.25, 0.3) is 0 Å². The van der Waals surface area contributed by atoms with Gasteiger partial charge >= 0.3 is 0 Å². The summed E-state index contributed by atoms with van der Waals surface area (Å²) in [5, 5.41) is 0. The van der Waals surface area contributed by atoms with E-state index in [0.717, 1.165) is 5.92 Å². The summed E-state index contributed by atoms with van der Waals surface area (Å²) in [5.41, 5.74) is 0.998. The Balaban J connectivity index is 4.11. The van der Waals surface area contributed by atoms with Gasteiger partial charge in [0.05, 0.1) is 0 Å². The van der Waals surface area contributed by atoms with E-state index in [0.29, 0.717) is 15.7 Å². The maximum atomic E-state index is 3.91. The lowest BCUT2D eigenvalue weighted by molar-refractivity contribution is 0.248. The van der Waals surface area contributed by atoms with E-state index in [4.69, 9.17) is 0 Å². The second kappa shape index (κ2) is 7.16. The first-order valence-corrected chi connectivity index (χ1v) is 8.19. The highest BCUT2D eigenvalue weighted by molar-refractivity contribution is 9.09. The third-order valence-electron chi connectivity index (χ3n) is 4.50. The molecule has 2 unspecified atom stereocenters. The van der Waals surface area contributed by atoms with Crippen molar-refractivity contribution in [3.63, 3.8) is 0 Å². The first-order valence-electron chi connectivity index (χ1n) is 7.27. The number of halogens is 1. The lowest BCUT2D eigenvalue weighted by atomic mass is 9.78. The normalized spacial score (nSPS) is 16.9. The van der Waals surface area contributed by atoms with E-state index in [1.54, 1.807) is 0 Å². The van der Waals surface area contributed by atoms with Crippen molar-refractivity contribution in [3.8, 4) is 0 Å². The molecule has 0 saturated carbocycles. The largest absolute Gasteiger partial charge is 0.0888 e. The highest BCUT2D eigenvalue weighted by atomic mass is 79.9. The molecule has 0 rings (SSSR count). The fourth-order valence-corrected chi connectivity index (χ4v) is 2.55. The second-order valence-electron chi connectivity index (χ2n) is 7.27. The second-order valence-corrected chi connectivity index (χ2v) is 8.45. The zero-order chi connectivity index (χ0) is 13.7. The first kappa shape index (κ1) is 17.5. The van der Waals surface area contributed by atoms with Crippen LogP contribution in [0, 0.1) is 16.7 Å². The Labute approximate surface area is 118 Å². The van der Waals surface area contributed by atoms with Crippen LogP contribution in [0.15, 0.2) is 0 Å². The van der Waals surface area contributed by atoms with Gasteiger partial charge in [-0.05, 0) is 36.0 Å². The van der Waals surface area contributed by atoms with Gasteiger partial charge in [0.2, 0.25) is 0 Å². The number of alkyl halides is 1. The van der Waals surface area contributed by atoms with E-state index in [1.165, 1.54) is 32.1 Å². The minimum absolute atomic E-state index is 0.492. The molecule has 0 fully saturated rings. The Morgan fingerprint density at radius 1 is 0.941 bits per heavy atom. The molecule has 0 amide bonds. The van der Waals surface area contributed by atoms with Crippen LogP contribution >= 0.6 is 15.9 Å². The topological polar surface area (TPSA) is 0 Å². The van der Waals surface area contributed by atoms with Crippen molar-refractivity contribution in [2.75, 3.05) is 0 Å². The molecule has 0 saturated heterocycles. The zero-order valence-corrected chi connectivity index (χ0v) is 14.7. The Kier molecular flexibility index (Phi) is 7.37. The standard InChI is InChI=1S/C16H33Br/c1-8-15(4,5)11-10-14(17)13(3)12-16(6,7)9-2/h13-14H,8-12H2,1-7H3. The fourth-order valence-electron chi connectivity index (χ4n) is 2.13. The Bertz CT molecular complexity index is 206. The molecule has 0 spiro atoms. The maximum absolute atomic E-state index is 3.91. The average Bonchev–Trinajstić information content (AvgIpc) is 2.25. The van der Waals surface area contributed by atoms with E-state index < -0.39 is 0 Å². The van der Waals surface area contributed by atoms with E-state index in [2.05, 4.69) is 64.4 Å². The van der Waals surface area contributed by atoms with Gasteiger partial charge in [-0.2, -0.15) is 0 Å². The van der Waals surface area contributed by atoms with Crippen molar-refractivity contribution < 1.29 is 0 Å². The molecule has 0 radical (unpaired) electrons. The molecule has 2 atom stereocenters. The molecule has 0 aromatic heterocycles. The van der Waals surface area contributed by atoms with Crippen LogP contribution in [0.2, 0.25) is 0 Å². The molecule has 0 aromatic carbocycles. The van der Waals surface area contributed by atoms with E-state index in [-0.39, 0.29) is 0 Å². The molecule has 0 aliphatic rings. The monoisotopic (exact) mass is 304 g/mol. The average molecular weight is 305 g/mol.